The van der Waals surface area contributed by atoms with E-state index in [-0.39, 0.29) is 23.1 Å². The fourth-order valence-electron chi connectivity index (χ4n) is 6.43. The zero-order valence-electron chi connectivity index (χ0n) is 19.0. The van der Waals surface area contributed by atoms with Gasteiger partial charge in [-0.05, 0) is 86.8 Å². The number of carbonyl (C=O) groups is 3. The molecule has 2 N–H and O–H groups in total. The molecule has 0 saturated heterocycles. The largest absolute Gasteiger partial charge is 0.465 e. The Bertz CT molecular complexity index is 856. The first-order valence-electron chi connectivity index (χ1n) is 11.5. The summed E-state index contributed by atoms with van der Waals surface area (Å²) in [5.41, 5.74) is 1.49. The van der Waals surface area contributed by atoms with Gasteiger partial charge in [-0.2, -0.15) is 0 Å². The number of rotatable bonds is 6. The lowest BCUT2D eigenvalue weighted by Crippen LogP contribution is -2.57. The van der Waals surface area contributed by atoms with Gasteiger partial charge in [-0.15, -0.1) is 0 Å². The summed E-state index contributed by atoms with van der Waals surface area (Å²) in [4.78, 5) is 38.5. The standard InChI is InChI=1S/C25H34N2O4/c1-14(2)21(22(28)26-20-10-19(23(29)31-4)6-5-15(20)3)27-24(30)25-11-16-7-17(12-25)9-18(8-16)13-25/h5-6,10,14,16-18,21H,7-9,11-13H2,1-4H3,(H,26,28)(H,27,30). The third-order valence-electron chi connectivity index (χ3n) is 7.67. The van der Waals surface area contributed by atoms with Gasteiger partial charge in [-0.1, -0.05) is 19.9 Å². The smallest absolute Gasteiger partial charge is 0.337 e. The van der Waals surface area contributed by atoms with Gasteiger partial charge in [0, 0.05) is 11.1 Å². The highest BCUT2D eigenvalue weighted by molar-refractivity contribution is 6.00. The second kappa shape index (κ2) is 8.29. The molecule has 4 fully saturated rings. The number of hydrogen-bond acceptors (Lipinski definition) is 4. The number of hydrogen-bond donors (Lipinski definition) is 2. The van der Waals surface area contributed by atoms with Crippen LogP contribution >= 0.6 is 0 Å². The van der Waals surface area contributed by atoms with Crippen LogP contribution in [0.25, 0.3) is 0 Å². The molecule has 0 radical (unpaired) electrons. The van der Waals surface area contributed by atoms with Crippen LogP contribution in [-0.4, -0.2) is 30.9 Å². The number of nitrogens with one attached hydrogen (secondary N) is 2. The molecule has 2 amide bonds. The molecular formula is C25H34N2O4. The fraction of sp³-hybridized carbons (Fsp3) is 0.640. The van der Waals surface area contributed by atoms with E-state index in [2.05, 4.69) is 10.6 Å². The topological polar surface area (TPSA) is 84.5 Å². The quantitative estimate of drug-likeness (QED) is 0.672. The van der Waals surface area contributed by atoms with Gasteiger partial charge in [-0.3, -0.25) is 9.59 Å². The fourth-order valence-corrected chi connectivity index (χ4v) is 6.43. The summed E-state index contributed by atoms with van der Waals surface area (Å²) in [5.74, 6) is 1.32. The molecule has 1 unspecified atom stereocenters. The Hall–Kier alpha value is -2.37. The van der Waals surface area contributed by atoms with Crippen molar-refractivity contribution in [1.82, 2.24) is 5.32 Å². The second-order valence-corrected chi connectivity index (χ2v) is 10.4. The Morgan fingerprint density at radius 2 is 1.61 bits per heavy atom. The molecule has 6 heteroatoms. The lowest BCUT2D eigenvalue weighted by Gasteiger charge is -2.55. The van der Waals surface area contributed by atoms with Gasteiger partial charge in [-0.25, -0.2) is 4.79 Å². The molecule has 6 nitrogen and oxygen atoms in total. The summed E-state index contributed by atoms with van der Waals surface area (Å²) in [7, 11) is 1.33. The van der Waals surface area contributed by atoms with Crippen molar-refractivity contribution in [2.75, 3.05) is 12.4 Å². The minimum absolute atomic E-state index is 0.0537. The van der Waals surface area contributed by atoms with Gasteiger partial charge in [0.15, 0.2) is 0 Å². The maximum absolute atomic E-state index is 13.5. The van der Waals surface area contributed by atoms with Gasteiger partial charge < -0.3 is 15.4 Å². The number of esters is 1. The van der Waals surface area contributed by atoms with Gasteiger partial charge in [0.2, 0.25) is 11.8 Å². The summed E-state index contributed by atoms with van der Waals surface area (Å²) < 4.78 is 4.78. The Labute approximate surface area is 184 Å². The van der Waals surface area contributed by atoms with Crippen LogP contribution < -0.4 is 10.6 Å². The van der Waals surface area contributed by atoms with E-state index >= 15 is 0 Å². The van der Waals surface area contributed by atoms with Crippen LogP contribution in [0.1, 0.15) is 68.3 Å². The molecule has 1 aromatic carbocycles. The van der Waals surface area contributed by atoms with Crippen LogP contribution in [0.2, 0.25) is 0 Å². The van der Waals surface area contributed by atoms with E-state index in [9.17, 15) is 14.4 Å². The average Bonchev–Trinajstić information content (AvgIpc) is 2.71. The van der Waals surface area contributed by atoms with Crippen LogP contribution in [0.15, 0.2) is 18.2 Å². The predicted molar refractivity (Wildman–Crippen MR) is 119 cm³/mol. The van der Waals surface area contributed by atoms with Crippen LogP contribution in [0.5, 0.6) is 0 Å². The second-order valence-electron chi connectivity index (χ2n) is 10.4. The highest BCUT2D eigenvalue weighted by Gasteiger charge is 2.55. The first-order chi connectivity index (χ1) is 14.7. The molecule has 4 bridgehead atoms. The minimum Gasteiger partial charge on any atom is -0.465 e. The number of carbonyl (C=O) groups excluding carboxylic acids is 3. The first kappa shape index (κ1) is 21.8. The zero-order chi connectivity index (χ0) is 22.3. The molecule has 4 aliphatic carbocycles. The van der Waals surface area contributed by atoms with E-state index < -0.39 is 12.0 Å². The molecular weight excluding hydrogens is 392 g/mol. The van der Waals surface area contributed by atoms with Crippen molar-refractivity contribution in [3.63, 3.8) is 0 Å². The molecule has 1 aromatic rings. The normalized spacial score (nSPS) is 29.5. The van der Waals surface area contributed by atoms with Crippen LogP contribution in [0.3, 0.4) is 0 Å². The van der Waals surface area contributed by atoms with Gasteiger partial charge in [0.05, 0.1) is 12.7 Å². The third kappa shape index (κ3) is 4.21. The van der Waals surface area contributed by atoms with Crippen molar-refractivity contribution in [1.29, 1.82) is 0 Å². The van der Waals surface area contributed by atoms with Crippen molar-refractivity contribution in [2.45, 2.75) is 65.3 Å². The zero-order valence-corrected chi connectivity index (χ0v) is 19.0. The summed E-state index contributed by atoms with van der Waals surface area (Å²) in [5, 5.41) is 6.05. The van der Waals surface area contributed by atoms with E-state index in [1.165, 1.54) is 26.4 Å². The third-order valence-corrected chi connectivity index (χ3v) is 7.67. The van der Waals surface area contributed by atoms with Crippen LogP contribution in [0, 0.1) is 36.0 Å². The van der Waals surface area contributed by atoms with Gasteiger partial charge >= 0.3 is 5.97 Å². The minimum atomic E-state index is -0.623. The molecule has 0 aliphatic heterocycles. The Morgan fingerprint density at radius 1 is 1.03 bits per heavy atom. The Balaban J connectivity index is 1.49. The lowest BCUT2D eigenvalue weighted by atomic mass is 9.49. The summed E-state index contributed by atoms with van der Waals surface area (Å²) >= 11 is 0. The Morgan fingerprint density at radius 3 is 2.13 bits per heavy atom. The van der Waals surface area contributed by atoms with E-state index in [1.54, 1.807) is 18.2 Å². The molecule has 31 heavy (non-hydrogen) atoms. The van der Waals surface area contributed by atoms with E-state index in [4.69, 9.17) is 4.74 Å². The monoisotopic (exact) mass is 426 g/mol. The van der Waals surface area contributed by atoms with Crippen LogP contribution in [-0.2, 0) is 14.3 Å². The molecule has 1 atom stereocenters. The highest BCUT2D eigenvalue weighted by atomic mass is 16.5. The van der Waals surface area contributed by atoms with E-state index in [1.807, 2.05) is 20.8 Å². The highest BCUT2D eigenvalue weighted by Crippen LogP contribution is 2.60. The summed E-state index contributed by atoms with van der Waals surface area (Å²) in [6, 6.07) is 4.45. The van der Waals surface area contributed by atoms with E-state index in [0.29, 0.717) is 29.0 Å². The molecule has 5 rings (SSSR count). The van der Waals surface area contributed by atoms with Crippen molar-refractivity contribution in [3.8, 4) is 0 Å². The van der Waals surface area contributed by atoms with Gasteiger partial charge in [0.25, 0.3) is 0 Å². The van der Waals surface area contributed by atoms with Crippen molar-refractivity contribution in [2.24, 2.45) is 29.1 Å². The molecule has 0 spiro atoms. The molecule has 168 valence electrons. The maximum atomic E-state index is 13.5. The number of ether oxygens (including phenoxy) is 1. The van der Waals surface area contributed by atoms with Crippen molar-refractivity contribution < 1.29 is 19.1 Å². The molecule has 0 aromatic heterocycles. The van der Waals surface area contributed by atoms with Crippen molar-refractivity contribution >= 4 is 23.5 Å². The summed E-state index contributed by atoms with van der Waals surface area (Å²) in [6.45, 7) is 5.76. The molecule has 0 heterocycles. The molecule has 4 saturated carbocycles. The lowest BCUT2D eigenvalue weighted by molar-refractivity contribution is -0.148. The molecule has 4 aliphatic rings. The number of benzene rings is 1. The number of aryl methyl sites for hydroxylation is 1. The SMILES string of the molecule is COC(=O)c1ccc(C)c(NC(=O)C(NC(=O)C23CC4CC(CC(C4)C2)C3)C(C)C)c1. The number of amides is 2. The first-order valence-corrected chi connectivity index (χ1v) is 11.5. The van der Waals surface area contributed by atoms with E-state index in [0.717, 1.165) is 24.8 Å². The van der Waals surface area contributed by atoms with Crippen LogP contribution in [0.4, 0.5) is 5.69 Å². The predicted octanol–water partition coefficient (Wildman–Crippen LogP) is 4.08. The Kier molecular flexibility index (Phi) is 5.84. The van der Waals surface area contributed by atoms with Gasteiger partial charge in [0.1, 0.15) is 6.04 Å². The maximum Gasteiger partial charge on any atom is 0.337 e. The van der Waals surface area contributed by atoms with Crippen molar-refractivity contribution in [3.05, 3.63) is 29.3 Å². The average molecular weight is 427 g/mol. The number of methoxy groups -OCH3 is 1. The summed E-state index contributed by atoms with van der Waals surface area (Å²) in [6.07, 6.45) is 6.73. The number of anilines is 1.